The number of sulfonamides is 1. The molecule has 0 aliphatic carbocycles. The summed E-state index contributed by atoms with van der Waals surface area (Å²) in [6.07, 6.45) is 0. The lowest BCUT2D eigenvalue weighted by molar-refractivity contribution is -0.384. The zero-order valence-corrected chi connectivity index (χ0v) is 17.3. The van der Waals surface area contributed by atoms with Crippen molar-refractivity contribution in [2.24, 2.45) is 0 Å². The van der Waals surface area contributed by atoms with Gasteiger partial charge < -0.3 is 14.4 Å². The van der Waals surface area contributed by atoms with Crippen LogP contribution in [-0.2, 0) is 10.0 Å². The topological polar surface area (TPSA) is 102 Å². The fraction of sp³-hybridized carbons (Fsp3) is 0.368. The standard InChI is InChI=1S/C19H23N3O6S/c1-14-12-15(22(23)24)4-6-17(14)20-8-10-21(11-9-20)29(25,26)16-5-7-18(27-2)19(13-16)28-3/h4-7,12-13H,8-11H2,1-3H3. The molecule has 0 amide bonds. The van der Waals surface area contributed by atoms with Crippen molar-refractivity contribution in [2.75, 3.05) is 45.3 Å². The minimum absolute atomic E-state index is 0.0425. The van der Waals surface area contributed by atoms with Crippen LogP contribution in [0.3, 0.4) is 0 Å². The Morgan fingerprint density at radius 2 is 1.62 bits per heavy atom. The third-order valence-electron chi connectivity index (χ3n) is 4.96. The third-order valence-corrected chi connectivity index (χ3v) is 6.86. The predicted molar refractivity (Wildman–Crippen MR) is 108 cm³/mol. The van der Waals surface area contributed by atoms with Gasteiger partial charge in [-0.05, 0) is 30.7 Å². The van der Waals surface area contributed by atoms with Gasteiger partial charge in [0.1, 0.15) is 0 Å². The molecule has 1 fully saturated rings. The van der Waals surface area contributed by atoms with Crippen molar-refractivity contribution < 1.29 is 22.8 Å². The Labute approximate surface area is 169 Å². The number of nitrogens with zero attached hydrogens (tertiary/aromatic N) is 3. The van der Waals surface area contributed by atoms with Crippen LogP contribution in [-0.4, -0.2) is 58.0 Å². The predicted octanol–water partition coefficient (Wildman–Crippen LogP) is 2.43. The Morgan fingerprint density at radius 3 is 2.17 bits per heavy atom. The maximum Gasteiger partial charge on any atom is 0.269 e. The number of nitro benzene ring substituents is 1. The van der Waals surface area contributed by atoms with Gasteiger partial charge in [0.2, 0.25) is 10.0 Å². The lowest BCUT2D eigenvalue weighted by Gasteiger charge is -2.36. The Kier molecular flexibility index (Phi) is 5.94. The van der Waals surface area contributed by atoms with Crippen LogP contribution in [0.4, 0.5) is 11.4 Å². The molecule has 0 radical (unpaired) electrons. The summed E-state index contributed by atoms with van der Waals surface area (Å²) in [6.45, 7) is 3.42. The number of methoxy groups -OCH3 is 2. The molecule has 1 heterocycles. The lowest BCUT2D eigenvalue weighted by Crippen LogP contribution is -2.48. The van der Waals surface area contributed by atoms with E-state index in [2.05, 4.69) is 0 Å². The molecule has 9 nitrogen and oxygen atoms in total. The van der Waals surface area contributed by atoms with Gasteiger partial charge in [0, 0.05) is 50.1 Å². The van der Waals surface area contributed by atoms with Crippen molar-refractivity contribution in [3.8, 4) is 11.5 Å². The zero-order valence-electron chi connectivity index (χ0n) is 16.5. The summed E-state index contributed by atoms with van der Waals surface area (Å²) >= 11 is 0. The molecule has 1 aliphatic rings. The number of rotatable bonds is 6. The number of ether oxygens (including phenoxy) is 2. The molecule has 2 aromatic carbocycles. The van der Waals surface area contributed by atoms with Crippen LogP contribution in [0.15, 0.2) is 41.3 Å². The highest BCUT2D eigenvalue weighted by Gasteiger charge is 2.30. The SMILES string of the molecule is COc1ccc(S(=O)(=O)N2CCN(c3ccc([N+](=O)[O-])cc3C)CC2)cc1OC. The summed E-state index contributed by atoms with van der Waals surface area (Å²) in [5.41, 5.74) is 1.70. The van der Waals surface area contributed by atoms with Crippen molar-refractivity contribution in [2.45, 2.75) is 11.8 Å². The molecular weight excluding hydrogens is 398 g/mol. The molecule has 0 bridgehead atoms. The van der Waals surface area contributed by atoms with Crippen LogP contribution in [0, 0.1) is 17.0 Å². The van der Waals surface area contributed by atoms with Gasteiger partial charge in [-0.25, -0.2) is 8.42 Å². The Morgan fingerprint density at radius 1 is 0.966 bits per heavy atom. The number of nitro groups is 1. The minimum atomic E-state index is -3.67. The van der Waals surface area contributed by atoms with Crippen molar-refractivity contribution in [3.05, 3.63) is 52.1 Å². The van der Waals surface area contributed by atoms with E-state index in [4.69, 9.17) is 9.47 Å². The highest BCUT2D eigenvalue weighted by Crippen LogP contribution is 2.31. The molecule has 0 unspecified atom stereocenters. The molecule has 29 heavy (non-hydrogen) atoms. The van der Waals surface area contributed by atoms with E-state index in [0.29, 0.717) is 37.7 Å². The first kappa shape index (κ1) is 20.9. The van der Waals surface area contributed by atoms with Gasteiger partial charge in [0.15, 0.2) is 11.5 Å². The second kappa shape index (κ2) is 8.26. The van der Waals surface area contributed by atoms with Gasteiger partial charge in [0.05, 0.1) is 24.0 Å². The van der Waals surface area contributed by atoms with Crippen LogP contribution in [0.5, 0.6) is 11.5 Å². The molecule has 0 aromatic heterocycles. The van der Waals surface area contributed by atoms with E-state index in [-0.39, 0.29) is 10.6 Å². The van der Waals surface area contributed by atoms with E-state index in [9.17, 15) is 18.5 Å². The number of piperazine rings is 1. The maximum atomic E-state index is 13.0. The average molecular weight is 421 g/mol. The minimum Gasteiger partial charge on any atom is -0.493 e. The van der Waals surface area contributed by atoms with Crippen molar-refractivity contribution in [1.82, 2.24) is 4.31 Å². The summed E-state index contributed by atoms with van der Waals surface area (Å²) in [5.74, 6) is 0.818. The summed E-state index contributed by atoms with van der Waals surface area (Å²) in [6, 6.07) is 9.25. The maximum absolute atomic E-state index is 13.0. The van der Waals surface area contributed by atoms with Gasteiger partial charge in [-0.1, -0.05) is 0 Å². The van der Waals surface area contributed by atoms with E-state index >= 15 is 0 Å². The second-order valence-corrected chi connectivity index (χ2v) is 8.57. The normalized spacial score (nSPS) is 15.2. The molecule has 2 aromatic rings. The van der Waals surface area contributed by atoms with E-state index in [1.54, 1.807) is 12.1 Å². The molecule has 0 atom stereocenters. The van der Waals surface area contributed by atoms with Crippen LogP contribution < -0.4 is 14.4 Å². The van der Waals surface area contributed by atoms with Crippen molar-refractivity contribution in [1.29, 1.82) is 0 Å². The molecule has 1 aliphatic heterocycles. The van der Waals surface area contributed by atoms with Crippen LogP contribution in [0.1, 0.15) is 5.56 Å². The molecule has 156 valence electrons. The first-order valence-corrected chi connectivity index (χ1v) is 10.4. The van der Waals surface area contributed by atoms with Gasteiger partial charge >= 0.3 is 0 Å². The number of aryl methyl sites for hydroxylation is 1. The Hall–Kier alpha value is -2.85. The third kappa shape index (κ3) is 4.13. The highest BCUT2D eigenvalue weighted by atomic mass is 32.2. The van der Waals surface area contributed by atoms with Crippen molar-refractivity contribution in [3.63, 3.8) is 0 Å². The summed E-state index contributed by atoms with van der Waals surface area (Å²) in [4.78, 5) is 12.7. The van der Waals surface area contributed by atoms with E-state index in [1.807, 2.05) is 11.8 Å². The molecule has 3 rings (SSSR count). The summed E-state index contributed by atoms with van der Waals surface area (Å²) < 4.78 is 37.9. The number of benzene rings is 2. The summed E-state index contributed by atoms with van der Waals surface area (Å²) in [7, 11) is -0.722. The average Bonchev–Trinajstić information content (AvgIpc) is 2.73. The largest absolute Gasteiger partial charge is 0.493 e. The van der Waals surface area contributed by atoms with Crippen LogP contribution in [0.2, 0.25) is 0 Å². The Bertz CT molecular complexity index is 1020. The van der Waals surface area contributed by atoms with Gasteiger partial charge in [-0.3, -0.25) is 10.1 Å². The van der Waals surface area contributed by atoms with Gasteiger partial charge in [0.25, 0.3) is 5.69 Å². The fourth-order valence-corrected chi connectivity index (χ4v) is 4.84. The van der Waals surface area contributed by atoms with E-state index in [0.717, 1.165) is 11.3 Å². The van der Waals surface area contributed by atoms with Gasteiger partial charge in [-0.2, -0.15) is 4.31 Å². The second-order valence-electron chi connectivity index (χ2n) is 6.64. The number of non-ortho nitro benzene ring substituents is 1. The van der Waals surface area contributed by atoms with Crippen molar-refractivity contribution >= 4 is 21.4 Å². The molecule has 0 saturated carbocycles. The summed E-state index contributed by atoms with van der Waals surface area (Å²) in [5, 5.41) is 10.9. The smallest absolute Gasteiger partial charge is 0.269 e. The first-order valence-electron chi connectivity index (χ1n) is 9.00. The highest BCUT2D eigenvalue weighted by molar-refractivity contribution is 7.89. The quantitative estimate of drug-likeness (QED) is 0.521. The number of hydrogen-bond donors (Lipinski definition) is 0. The van der Waals surface area contributed by atoms with E-state index in [1.165, 1.54) is 42.8 Å². The monoisotopic (exact) mass is 421 g/mol. The lowest BCUT2D eigenvalue weighted by atomic mass is 10.1. The molecule has 10 heteroatoms. The van der Waals surface area contributed by atoms with Crippen LogP contribution in [0.25, 0.3) is 0 Å². The fourth-order valence-electron chi connectivity index (χ4n) is 3.40. The number of hydrogen-bond acceptors (Lipinski definition) is 7. The molecular formula is C19H23N3O6S. The first-order chi connectivity index (χ1) is 13.8. The number of anilines is 1. The van der Waals surface area contributed by atoms with Crippen LogP contribution >= 0.6 is 0 Å². The molecule has 0 spiro atoms. The molecule has 0 N–H and O–H groups in total. The zero-order chi connectivity index (χ0) is 21.2. The molecule has 1 saturated heterocycles. The van der Waals surface area contributed by atoms with E-state index < -0.39 is 14.9 Å². The van der Waals surface area contributed by atoms with Gasteiger partial charge in [-0.15, -0.1) is 0 Å². The Balaban J connectivity index is 1.75.